The monoisotopic (exact) mass is 401 g/mol. The number of unbranched alkanes of at least 4 members (excludes halogenated alkanes) is 2. The second kappa shape index (κ2) is 11.9. The molecule has 0 radical (unpaired) electrons. The molecule has 7 heteroatoms. The Hall–Kier alpha value is -1.79. The second-order valence-corrected chi connectivity index (χ2v) is 9.04. The molecule has 0 aliphatic carbocycles. The first-order chi connectivity index (χ1) is 12.7. The lowest BCUT2D eigenvalue weighted by molar-refractivity contribution is -0.155. The second-order valence-electron chi connectivity index (χ2n) is 9.04. The molecule has 164 valence electrons. The minimum atomic E-state index is -0.773. The Morgan fingerprint density at radius 2 is 1.46 bits per heavy atom. The van der Waals surface area contributed by atoms with Gasteiger partial charge in [-0.1, -0.05) is 19.8 Å². The van der Waals surface area contributed by atoms with E-state index >= 15 is 0 Å². The third kappa shape index (κ3) is 14.3. The molecule has 2 atom stereocenters. The third-order valence-electron chi connectivity index (χ3n) is 3.66. The molecule has 0 aliphatic rings. The standard InChI is InChI=1S/C21H39NO6/c1-9-15(2)26-18(24)16(22-19(25)28-21(6,7)8)13-11-10-12-14-17(23)27-20(3,4)5/h15-16H,9-14H2,1-8H3,(H,22,25). The summed E-state index contributed by atoms with van der Waals surface area (Å²) in [4.78, 5) is 36.1. The van der Waals surface area contributed by atoms with Crippen molar-refractivity contribution in [1.29, 1.82) is 0 Å². The first-order valence-corrected chi connectivity index (χ1v) is 10.2. The number of hydrogen-bond acceptors (Lipinski definition) is 6. The van der Waals surface area contributed by atoms with E-state index in [4.69, 9.17) is 14.2 Å². The zero-order valence-corrected chi connectivity index (χ0v) is 18.8. The van der Waals surface area contributed by atoms with Crippen LogP contribution in [0.4, 0.5) is 4.79 Å². The molecule has 0 aromatic carbocycles. The van der Waals surface area contributed by atoms with E-state index in [0.717, 1.165) is 6.42 Å². The van der Waals surface area contributed by atoms with Gasteiger partial charge >= 0.3 is 18.0 Å². The maximum Gasteiger partial charge on any atom is 0.408 e. The van der Waals surface area contributed by atoms with E-state index in [1.54, 1.807) is 20.8 Å². The largest absolute Gasteiger partial charge is 0.461 e. The highest BCUT2D eigenvalue weighted by molar-refractivity contribution is 5.81. The number of nitrogens with one attached hydrogen (secondary N) is 1. The van der Waals surface area contributed by atoms with Crippen molar-refractivity contribution in [1.82, 2.24) is 5.32 Å². The molecule has 1 amide bonds. The van der Waals surface area contributed by atoms with E-state index in [1.165, 1.54) is 0 Å². The van der Waals surface area contributed by atoms with Crippen molar-refractivity contribution in [2.75, 3.05) is 0 Å². The fraction of sp³-hybridized carbons (Fsp3) is 0.857. The van der Waals surface area contributed by atoms with Crippen molar-refractivity contribution in [3.05, 3.63) is 0 Å². The van der Waals surface area contributed by atoms with Crippen LogP contribution in [0.2, 0.25) is 0 Å². The Morgan fingerprint density at radius 3 is 1.96 bits per heavy atom. The van der Waals surface area contributed by atoms with Crippen molar-refractivity contribution in [2.45, 2.75) is 117 Å². The number of ether oxygens (including phenoxy) is 3. The van der Waals surface area contributed by atoms with Gasteiger partial charge in [-0.2, -0.15) is 0 Å². The molecule has 0 aromatic rings. The van der Waals surface area contributed by atoms with Gasteiger partial charge in [-0.3, -0.25) is 4.79 Å². The Bertz CT molecular complexity index is 504. The number of amides is 1. The summed E-state index contributed by atoms with van der Waals surface area (Å²) in [5, 5.41) is 2.61. The summed E-state index contributed by atoms with van der Waals surface area (Å²) >= 11 is 0. The Labute approximate surface area is 169 Å². The summed E-state index contributed by atoms with van der Waals surface area (Å²) in [7, 11) is 0. The van der Waals surface area contributed by atoms with Crippen LogP contribution in [0.5, 0.6) is 0 Å². The molecule has 1 N–H and O–H groups in total. The van der Waals surface area contributed by atoms with E-state index in [1.807, 2.05) is 34.6 Å². The predicted molar refractivity (Wildman–Crippen MR) is 108 cm³/mol. The van der Waals surface area contributed by atoms with Gasteiger partial charge in [-0.25, -0.2) is 9.59 Å². The van der Waals surface area contributed by atoms with Crippen LogP contribution in [0, 0.1) is 0 Å². The van der Waals surface area contributed by atoms with Crippen molar-refractivity contribution < 1.29 is 28.6 Å². The van der Waals surface area contributed by atoms with Gasteiger partial charge in [0.1, 0.15) is 17.2 Å². The summed E-state index contributed by atoms with van der Waals surface area (Å²) in [6.45, 7) is 14.5. The van der Waals surface area contributed by atoms with Gasteiger partial charge in [-0.05, 0) is 67.7 Å². The van der Waals surface area contributed by atoms with Crippen LogP contribution in [0.1, 0.15) is 93.9 Å². The van der Waals surface area contributed by atoms with E-state index in [2.05, 4.69) is 5.32 Å². The van der Waals surface area contributed by atoms with Crippen molar-refractivity contribution in [3.8, 4) is 0 Å². The molecule has 0 bridgehead atoms. The minimum Gasteiger partial charge on any atom is -0.461 e. The van der Waals surface area contributed by atoms with Crippen LogP contribution < -0.4 is 5.32 Å². The van der Waals surface area contributed by atoms with Gasteiger partial charge in [0.05, 0.1) is 6.10 Å². The third-order valence-corrected chi connectivity index (χ3v) is 3.66. The average Bonchev–Trinajstić information content (AvgIpc) is 2.49. The first kappa shape index (κ1) is 26.2. The minimum absolute atomic E-state index is 0.220. The number of carbonyl (C=O) groups is 3. The van der Waals surface area contributed by atoms with Crippen LogP contribution in [0.3, 0.4) is 0 Å². The Morgan fingerprint density at radius 1 is 0.893 bits per heavy atom. The highest BCUT2D eigenvalue weighted by Gasteiger charge is 2.26. The molecule has 0 aromatic heterocycles. The topological polar surface area (TPSA) is 90.9 Å². The molecule has 0 spiro atoms. The Kier molecular flexibility index (Phi) is 11.2. The maximum absolute atomic E-state index is 12.4. The van der Waals surface area contributed by atoms with E-state index in [0.29, 0.717) is 32.1 Å². The zero-order valence-electron chi connectivity index (χ0n) is 18.8. The van der Waals surface area contributed by atoms with E-state index in [-0.39, 0.29) is 12.1 Å². The SMILES string of the molecule is CCC(C)OC(=O)C(CCCCCC(=O)OC(C)(C)C)NC(=O)OC(C)(C)C. The first-order valence-electron chi connectivity index (χ1n) is 10.2. The smallest absolute Gasteiger partial charge is 0.408 e. The van der Waals surface area contributed by atoms with Gasteiger partial charge in [0, 0.05) is 6.42 Å². The molecular formula is C21H39NO6. The molecule has 0 heterocycles. The van der Waals surface area contributed by atoms with Gasteiger partial charge in [0.25, 0.3) is 0 Å². The number of rotatable bonds is 10. The van der Waals surface area contributed by atoms with Crippen molar-refractivity contribution >= 4 is 18.0 Å². The summed E-state index contributed by atoms with van der Waals surface area (Å²) in [5.74, 6) is -0.695. The summed E-state index contributed by atoms with van der Waals surface area (Å²) in [5.41, 5.74) is -1.14. The van der Waals surface area contributed by atoms with Crippen LogP contribution in [-0.4, -0.2) is 41.4 Å². The number of carbonyl (C=O) groups excluding carboxylic acids is 3. The molecule has 0 aliphatic heterocycles. The zero-order chi connectivity index (χ0) is 22.0. The van der Waals surface area contributed by atoms with Crippen LogP contribution >= 0.6 is 0 Å². The highest BCUT2D eigenvalue weighted by Crippen LogP contribution is 2.14. The summed E-state index contributed by atoms with van der Waals surface area (Å²) in [6, 6.07) is -0.773. The molecule has 0 saturated carbocycles. The lowest BCUT2D eigenvalue weighted by atomic mass is 10.1. The van der Waals surface area contributed by atoms with E-state index in [9.17, 15) is 14.4 Å². The van der Waals surface area contributed by atoms with E-state index < -0.39 is 29.3 Å². The van der Waals surface area contributed by atoms with Crippen LogP contribution in [0.15, 0.2) is 0 Å². The maximum atomic E-state index is 12.4. The highest BCUT2D eigenvalue weighted by atomic mass is 16.6. The van der Waals surface area contributed by atoms with Crippen LogP contribution in [-0.2, 0) is 23.8 Å². The lowest BCUT2D eigenvalue weighted by Crippen LogP contribution is -2.44. The fourth-order valence-corrected chi connectivity index (χ4v) is 2.25. The van der Waals surface area contributed by atoms with Crippen molar-refractivity contribution in [2.24, 2.45) is 0 Å². The molecule has 7 nitrogen and oxygen atoms in total. The predicted octanol–water partition coefficient (Wildman–Crippen LogP) is 4.51. The fourth-order valence-electron chi connectivity index (χ4n) is 2.25. The number of alkyl carbamates (subject to hydrolysis) is 1. The Balaban J connectivity index is 4.54. The van der Waals surface area contributed by atoms with Gasteiger partial charge in [0.2, 0.25) is 0 Å². The van der Waals surface area contributed by atoms with Crippen LogP contribution in [0.25, 0.3) is 0 Å². The normalized spacial score (nSPS) is 14.0. The van der Waals surface area contributed by atoms with Gasteiger partial charge in [-0.15, -0.1) is 0 Å². The number of hydrogen-bond donors (Lipinski definition) is 1. The summed E-state index contributed by atoms with van der Waals surface area (Å²) < 4.78 is 15.9. The number of esters is 2. The molecule has 0 rings (SSSR count). The molecule has 28 heavy (non-hydrogen) atoms. The molecule has 0 fully saturated rings. The molecular weight excluding hydrogens is 362 g/mol. The van der Waals surface area contributed by atoms with Gasteiger partial charge < -0.3 is 19.5 Å². The van der Waals surface area contributed by atoms with Gasteiger partial charge in [0.15, 0.2) is 0 Å². The van der Waals surface area contributed by atoms with Crippen molar-refractivity contribution in [3.63, 3.8) is 0 Å². The molecule has 2 unspecified atom stereocenters. The lowest BCUT2D eigenvalue weighted by Gasteiger charge is -2.24. The average molecular weight is 402 g/mol. The quantitative estimate of drug-likeness (QED) is 0.329. The summed E-state index contributed by atoms with van der Waals surface area (Å²) in [6.07, 6.45) is 2.65. The molecule has 0 saturated heterocycles.